The maximum Gasteiger partial charge on any atom is 0.407 e. The predicted octanol–water partition coefficient (Wildman–Crippen LogP) is 2.44. The summed E-state index contributed by atoms with van der Waals surface area (Å²) in [5, 5.41) is 5.31. The number of hydrogen-bond donors (Lipinski definition) is 2. The molecule has 0 aromatic carbocycles. The number of alkyl carbamates (subject to hydrolysis) is 1. The molecule has 19 heavy (non-hydrogen) atoms. The highest BCUT2D eigenvalue weighted by Gasteiger charge is 2.45. The minimum atomic E-state index is -4.26. The molecule has 1 aliphatic rings. The minimum Gasteiger partial charge on any atom is -0.448 e. The monoisotopic (exact) mass is 282 g/mol. The van der Waals surface area contributed by atoms with Gasteiger partial charge in [0.2, 0.25) is 0 Å². The van der Waals surface area contributed by atoms with E-state index in [1.165, 1.54) is 0 Å². The van der Waals surface area contributed by atoms with Crippen molar-refractivity contribution < 1.29 is 22.7 Å². The Labute approximate surface area is 111 Å². The van der Waals surface area contributed by atoms with Crippen LogP contribution in [0.1, 0.15) is 33.6 Å². The lowest BCUT2D eigenvalue weighted by molar-refractivity contribution is -0.191. The summed E-state index contributed by atoms with van der Waals surface area (Å²) in [7, 11) is 0. The second kappa shape index (κ2) is 5.98. The molecule has 1 rings (SSSR count). The molecule has 1 aliphatic heterocycles. The molecule has 0 spiro atoms. The van der Waals surface area contributed by atoms with Crippen LogP contribution < -0.4 is 10.6 Å². The third kappa shape index (κ3) is 5.67. The first kappa shape index (κ1) is 16.1. The first-order valence-electron chi connectivity index (χ1n) is 6.34. The zero-order chi connectivity index (χ0) is 14.7. The van der Waals surface area contributed by atoms with Gasteiger partial charge < -0.3 is 15.4 Å². The van der Waals surface area contributed by atoms with E-state index in [0.29, 0.717) is 13.0 Å². The van der Waals surface area contributed by atoms with E-state index in [-0.39, 0.29) is 13.0 Å². The fraction of sp³-hybridized carbons (Fsp3) is 0.917. The number of nitrogens with one attached hydrogen (secondary N) is 2. The number of alkyl halides is 3. The Hall–Kier alpha value is -0.980. The molecule has 0 aromatic rings. The molecule has 7 heteroatoms. The number of amides is 1. The minimum absolute atomic E-state index is 0.0748. The van der Waals surface area contributed by atoms with Crippen molar-refractivity contribution in [1.29, 1.82) is 0 Å². The lowest BCUT2D eigenvalue weighted by Crippen LogP contribution is -2.51. The highest BCUT2D eigenvalue weighted by Crippen LogP contribution is 2.34. The maximum absolute atomic E-state index is 12.8. The summed E-state index contributed by atoms with van der Waals surface area (Å²) >= 11 is 0. The average molecular weight is 282 g/mol. The summed E-state index contributed by atoms with van der Waals surface area (Å²) in [5.74, 6) is -1.45. The summed E-state index contributed by atoms with van der Waals surface area (Å²) in [6.45, 7) is 5.55. The van der Waals surface area contributed by atoms with Gasteiger partial charge >= 0.3 is 12.3 Å². The number of halogens is 3. The van der Waals surface area contributed by atoms with E-state index in [1.807, 2.05) is 0 Å². The Morgan fingerprint density at radius 3 is 2.53 bits per heavy atom. The number of piperidine rings is 1. The number of ether oxygens (including phenoxy) is 1. The van der Waals surface area contributed by atoms with Crippen LogP contribution in [0.2, 0.25) is 0 Å². The largest absolute Gasteiger partial charge is 0.448 e. The van der Waals surface area contributed by atoms with Crippen LogP contribution in [0.25, 0.3) is 0 Å². The normalized spacial score (nSPS) is 24.9. The average Bonchev–Trinajstić information content (AvgIpc) is 2.23. The molecule has 4 nitrogen and oxygen atoms in total. The lowest BCUT2D eigenvalue weighted by atomic mass is 9.91. The molecule has 1 fully saturated rings. The smallest absolute Gasteiger partial charge is 0.407 e. The molecule has 112 valence electrons. The van der Waals surface area contributed by atoms with Gasteiger partial charge in [0.25, 0.3) is 0 Å². The van der Waals surface area contributed by atoms with Gasteiger partial charge in [0.05, 0.1) is 12.0 Å². The van der Waals surface area contributed by atoms with E-state index in [2.05, 4.69) is 10.6 Å². The van der Waals surface area contributed by atoms with Crippen molar-refractivity contribution in [1.82, 2.24) is 10.6 Å². The van der Waals surface area contributed by atoms with Crippen molar-refractivity contribution >= 4 is 6.09 Å². The number of rotatable bonds is 2. The maximum atomic E-state index is 12.8. The van der Waals surface area contributed by atoms with Crippen molar-refractivity contribution in [2.24, 2.45) is 5.92 Å². The SMILES string of the molecule is CC(C)(C)NC(=O)OCC1NCCCC1C(F)(F)F. The highest BCUT2D eigenvalue weighted by molar-refractivity contribution is 5.68. The molecule has 2 N–H and O–H groups in total. The Bertz CT molecular complexity index is 313. The topological polar surface area (TPSA) is 50.4 Å². The summed E-state index contributed by atoms with van der Waals surface area (Å²) in [6, 6.07) is -0.862. The molecule has 1 heterocycles. The fourth-order valence-electron chi connectivity index (χ4n) is 2.03. The van der Waals surface area contributed by atoms with Crippen LogP contribution in [0.3, 0.4) is 0 Å². The predicted molar refractivity (Wildman–Crippen MR) is 64.8 cm³/mol. The van der Waals surface area contributed by atoms with Gasteiger partial charge in [-0.2, -0.15) is 13.2 Å². The third-order valence-electron chi connectivity index (χ3n) is 2.88. The van der Waals surface area contributed by atoms with Crippen LogP contribution in [0, 0.1) is 5.92 Å². The van der Waals surface area contributed by atoms with Gasteiger partial charge in [-0.15, -0.1) is 0 Å². The van der Waals surface area contributed by atoms with E-state index in [9.17, 15) is 18.0 Å². The highest BCUT2D eigenvalue weighted by atomic mass is 19.4. The molecule has 1 amide bonds. The second-order valence-electron chi connectivity index (χ2n) is 5.82. The van der Waals surface area contributed by atoms with Gasteiger partial charge in [-0.3, -0.25) is 0 Å². The number of hydrogen-bond acceptors (Lipinski definition) is 3. The van der Waals surface area contributed by atoms with Crippen molar-refractivity contribution in [2.75, 3.05) is 13.2 Å². The van der Waals surface area contributed by atoms with Gasteiger partial charge in [-0.25, -0.2) is 4.79 Å². The van der Waals surface area contributed by atoms with Crippen LogP contribution in [-0.2, 0) is 4.74 Å². The van der Waals surface area contributed by atoms with Gasteiger partial charge in [0.1, 0.15) is 6.61 Å². The standard InChI is InChI=1S/C12H21F3N2O2/c1-11(2,3)17-10(18)19-7-9-8(12(13,14)15)5-4-6-16-9/h8-9,16H,4-7H2,1-3H3,(H,17,18). The van der Waals surface area contributed by atoms with Crippen molar-refractivity contribution in [3.63, 3.8) is 0 Å². The molecule has 0 saturated carbocycles. The van der Waals surface area contributed by atoms with Crippen molar-refractivity contribution in [3.8, 4) is 0 Å². The molecule has 1 saturated heterocycles. The van der Waals surface area contributed by atoms with E-state index >= 15 is 0 Å². The van der Waals surface area contributed by atoms with Gasteiger partial charge in [-0.05, 0) is 40.2 Å². The molecule has 0 aromatic heterocycles. The zero-order valence-electron chi connectivity index (χ0n) is 11.4. The molecule has 2 atom stereocenters. The summed E-state index contributed by atoms with van der Waals surface area (Å²) < 4.78 is 43.2. The fourth-order valence-corrected chi connectivity index (χ4v) is 2.03. The van der Waals surface area contributed by atoms with E-state index in [4.69, 9.17) is 4.74 Å². The number of carbonyl (C=O) groups excluding carboxylic acids is 1. The number of carbonyl (C=O) groups is 1. The summed E-state index contributed by atoms with van der Waals surface area (Å²) in [6.07, 6.45) is -4.40. The van der Waals surface area contributed by atoms with Gasteiger partial charge in [0, 0.05) is 5.54 Å². The Morgan fingerprint density at radius 2 is 2.00 bits per heavy atom. The lowest BCUT2D eigenvalue weighted by Gasteiger charge is -2.33. The van der Waals surface area contributed by atoms with Crippen molar-refractivity contribution in [3.05, 3.63) is 0 Å². The van der Waals surface area contributed by atoms with Crippen molar-refractivity contribution in [2.45, 2.75) is 51.4 Å². The van der Waals surface area contributed by atoms with Crippen LogP contribution in [0.4, 0.5) is 18.0 Å². The quantitative estimate of drug-likeness (QED) is 0.818. The summed E-state index contributed by atoms with van der Waals surface area (Å²) in [5.41, 5.74) is -0.472. The van der Waals surface area contributed by atoms with E-state index < -0.39 is 29.8 Å². The molecule has 0 bridgehead atoms. The molecule has 0 aliphatic carbocycles. The van der Waals surface area contributed by atoms with Crippen LogP contribution in [0.15, 0.2) is 0 Å². The Balaban J connectivity index is 2.48. The summed E-state index contributed by atoms with van der Waals surface area (Å²) in [4.78, 5) is 11.4. The first-order valence-corrected chi connectivity index (χ1v) is 6.34. The van der Waals surface area contributed by atoms with Gasteiger partial charge in [0.15, 0.2) is 0 Å². The van der Waals surface area contributed by atoms with Crippen LogP contribution >= 0.6 is 0 Å². The van der Waals surface area contributed by atoms with Crippen LogP contribution in [-0.4, -0.2) is 37.0 Å². The molecular formula is C12H21F3N2O2. The third-order valence-corrected chi connectivity index (χ3v) is 2.88. The van der Waals surface area contributed by atoms with E-state index in [0.717, 1.165) is 0 Å². The first-order chi connectivity index (χ1) is 8.59. The second-order valence-corrected chi connectivity index (χ2v) is 5.82. The molecule has 2 unspecified atom stereocenters. The van der Waals surface area contributed by atoms with E-state index in [1.54, 1.807) is 20.8 Å². The molecule has 0 radical (unpaired) electrons. The Kier molecular flexibility index (Phi) is 5.06. The Morgan fingerprint density at radius 1 is 1.37 bits per heavy atom. The van der Waals surface area contributed by atoms with Crippen LogP contribution in [0.5, 0.6) is 0 Å². The van der Waals surface area contributed by atoms with Gasteiger partial charge in [-0.1, -0.05) is 0 Å². The zero-order valence-corrected chi connectivity index (χ0v) is 11.4. The molecular weight excluding hydrogens is 261 g/mol.